The van der Waals surface area contributed by atoms with Crippen LogP contribution in [0.3, 0.4) is 0 Å². The Kier molecular flexibility index (Phi) is 3.51. The molecule has 0 saturated heterocycles. The van der Waals surface area contributed by atoms with Gasteiger partial charge in [-0.1, -0.05) is 0 Å². The molecule has 1 N–H and O–H groups in total. The van der Waals surface area contributed by atoms with Gasteiger partial charge in [-0.25, -0.2) is 8.42 Å². The Morgan fingerprint density at radius 2 is 2.00 bits per heavy atom. The standard InChI is InChI=1S/C17H19N3O3S/c1-12-16-3-2-8-19(16)9-10-20(12)24(22,23)14-5-6-15-13(11-14)4-7-17(21)18-15/h2-3,5-6,8,11-12H,4,7,9-10H2,1H3,(H,18,21)/t12-/m1/s1. The number of hydrogen-bond acceptors (Lipinski definition) is 3. The highest BCUT2D eigenvalue weighted by Crippen LogP contribution is 2.33. The third kappa shape index (κ3) is 2.35. The lowest BCUT2D eigenvalue weighted by atomic mass is 10.0. The average molecular weight is 345 g/mol. The summed E-state index contributed by atoms with van der Waals surface area (Å²) in [5.41, 5.74) is 2.60. The Morgan fingerprint density at radius 1 is 1.17 bits per heavy atom. The zero-order valence-corrected chi connectivity index (χ0v) is 14.2. The van der Waals surface area contributed by atoms with Crippen LogP contribution in [0.15, 0.2) is 41.4 Å². The van der Waals surface area contributed by atoms with Crippen LogP contribution < -0.4 is 5.32 Å². The lowest BCUT2D eigenvalue weighted by molar-refractivity contribution is -0.116. The molecule has 24 heavy (non-hydrogen) atoms. The number of aromatic nitrogens is 1. The van der Waals surface area contributed by atoms with Crippen molar-refractivity contribution in [1.82, 2.24) is 8.87 Å². The number of fused-ring (bicyclic) bond motifs is 2. The van der Waals surface area contributed by atoms with Gasteiger partial charge in [0.25, 0.3) is 0 Å². The van der Waals surface area contributed by atoms with E-state index in [2.05, 4.69) is 9.88 Å². The number of sulfonamides is 1. The molecular formula is C17H19N3O3S. The third-order valence-corrected chi connectivity index (χ3v) is 6.83. The van der Waals surface area contributed by atoms with Crippen molar-refractivity contribution in [3.63, 3.8) is 0 Å². The summed E-state index contributed by atoms with van der Waals surface area (Å²) in [4.78, 5) is 11.7. The fourth-order valence-corrected chi connectivity index (χ4v) is 5.19. The van der Waals surface area contributed by atoms with Crippen molar-refractivity contribution in [3.8, 4) is 0 Å². The summed E-state index contributed by atoms with van der Waals surface area (Å²) in [7, 11) is -3.57. The Balaban J connectivity index is 1.70. The molecule has 1 aromatic heterocycles. The lowest BCUT2D eigenvalue weighted by Gasteiger charge is -2.34. The van der Waals surface area contributed by atoms with E-state index in [1.165, 1.54) is 0 Å². The van der Waals surface area contributed by atoms with E-state index in [1.807, 2.05) is 25.3 Å². The molecule has 0 radical (unpaired) electrons. The van der Waals surface area contributed by atoms with Crippen molar-refractivity contribution in [1.29, 1.82) is 0 Å². The molecule has 1 amide bonds. The molecule has 3 heterocycles. The minimum Gasteiger partial charge on any atom is -0.349 e. The van der Waals surface area contributed by atoms with Crippen LogP contribution in [-0.2, 0) is 27.8 Å². The first kappa shape index (κ1) is 15.4. The van der Waals surface area contributed by atoms with Gasteiger partial charge in [-0.2, -0.15) is 4.31 Å². The van der Waals surface area contributed by atoms with Gasteiger partial charge in [0, 0.05) is 37.1 Å². The van der Waals surface area contributed by atoms with Crippen LogP contribution in [0.1, 0.15) is 30.6 Å². The van der Waals surface area contributed by atoms with Crippen molar-refractivity contribution < 1.29 is 13.2 Å². The van der Waals surface area contributed by atoms with Gasteiger partial charge in [0.05, 0.1) is 10.9 Å². The summed E-state index contributed by atoms with van der Waals surface area (Å²) in [6.07, 6.45) is 2.95. The smallest absolute Gasteiger partial charge is 0.243 e. The molecule has 6 nitrogen and oxygen atoms in total. The molecule has 0 aliphatic carbocycles. The molecule has 126 valence electrons. The molecule has 0 bridgehead atoms. The van der Waals surface area contributed by atoms with Gasteiger partial charge in [-0.3, -0.25) is 4.79 Å². The van der Waals surface area contributed by atoms with Gasteiger partial charge >= 0.3 is 0 Å². The Bertz CT molecular complexity index is 917. The summed E-state index contributed by atoms with van der Waals surface area (Å²) in [5.74, 6) is -0.0245. The highest BCUT2D eigenvalue weighted by Gasteiger charge is 2.34. The number of carbonyl (C=O) groups is 1. The molecule has 4 rings (SSSR count). The molecule has 1 atom stereocenters. The Hall–Kier alpha value is -2.12. The van der Waals surface area contributed by atoms with Gasteiger partial charge in [0.1, 0.15) is 0 Å². The molecule has 1 aromatic carbocycles. The maximum Gasteiger partial charge on any atom is 0.243 e. The third-order valence-electron chi connectivity index (χ3n) is 4.86. The molecule has 0 spiro atoms. The van der Waals surface area contributed by atoms with E-state index < -0.39 is 10.0 Å². The first-order valence-electron chi connectivity index (χ1n) is 8.06. The number of anilines is 1. The number of benzene rings is 1. The molecule has 7 heteroatoms. The predicted molar refractivity (Wildman–Crippen MR) is 90.1 cm³/mol. The molecule has 2 aliphatic heterocycles. The first-order valence-corrected chi connectivity index (χ1v) is 9.50. The van der Waals surface area contributed by atoms with Crippen LogP contribution in [0.4, 0.5) is 5.69 Å². The van der Waals surface area contributed by atoms with E-state index in [-0.39, 0.29) is 11.9 Å². The predicted octanol–water partition coefficient (Wildman–Crippen LogP) is 2.14. The van der Waals surface area contributed by atoms with Crippen LogP contribution in [-0.4, -0.2) is 29.7 Å². The van der Waals surface area contributed by atoms with Gasteiger partial charge in [0.2, 0.25) is 15.9 Å². The second kappa shape index (κ2) is 5.46. The molecule has 2 aliphatic rings. The molecule has 0 unspecified atom stereocenters. The highest BCUT2D eigenvalue weighted by molar-refractivity contribution is 7.89. The number of nitrogens with zero attached hydrogens (tertiary/aromatic N) is 2. The second-order valence-corrected chi connectivity index (χ2v) is 8.18. The average Bonchev–Trinajstić information content (AvgIpc) is 3.04. The maximum absolute atomic E-state index is 13.1. The van der Waals surface area contributed by atoms with Gasteiger partial charge in [-0.15, -0.1) is 0 Å². The monoisotopic (exact) mass is 345 g/mol. The van der Waals surface area contributed by atoms with Gasteiger partial charge < -0.3 is 9.88 Å². The summed E-state index contributed by atoms with van der Waals surface area (Å²) in [6.45, 7) is 3.03. The maximum atomic E-state index is 13.1. The van der Waals surface area contributed by atoms with E-state index in [1.54, 1.807) is 22.5 Å². The number of amides is 1. The Labute approximate surface area is 141 Å². The Morgan fingerprint density at radius 3 is 2.83 bits per heavy atom. The first-order chi connectivity index (χ1) is 11.5. The van der Waals surface area contributed by atoms with Crippen molar-refractivity contribution in [2.75, 3.05) is 11.9 Å². The SMILES string of the molecule is C[C@@H]1c2cccn2CCN1S(=O)(=O)c1ccc2c(c1)CCC(=O)N2. The normalized spacial score (nSPS) is 21.0. The summed E-state index contributed by atoms with van der Waals surface area (Å²) in [5, 5.41) is 2.79. The number of carbonyl (C=O) groups excluding carboxylic acids is 1. The van der Waals surface area contributed by atoms with Crippen LogP contribution in [0.5, 0.6) is 0 Å². The zero-order chi connectivity index (χ0) is 16.9. The molecular weight excluding hydrogens is 326 g/mol. The zero-order valence-electron chi connectivity index (χ0n) is 13.4. The summed E-state index contributed by atoms with van der Waals surface area (Å²) < 4.78 is 29.9. The van der Waals surface area contributed by atoms with E-state index in [9.17, 15) is 13.2 Å². The largest absolute Gasteiger partial charge is 0.349 e. The van der Waals surface area contributed by atoms with E-state index >= 15 is 0 Å². The highest BCUT2D eigenvalue weighted by atomic mass is 32.2. The van der Waals surface area contributed by atoms with E-state index in [0.29, 0.717) is 36.5 Å². The van der Waals surface area contributed by atoms with Crippen molar-refractivity contribution >= 4 is 21.6 Å². The number of rotatable bonds is 2. The number of nitrogens with one attached hydrogen (secondary N) is 1. The van der Waals surface area contributed by atoms with E-state index in [4.69, 9.17) is 0 Å². The van der Waals surface area contributed by atoms with E-state index in [0.717, 1.165) is 11.3 Å². The van der Waals surface area contributed by atoms with Gasteiger partial charge in [-0.05, 0) is 49.2 Å². The minimum absolute atomic E-state index is 0.0245. The van der Waals surface area contributed by atoms with Crippen LogP contribution in [0.2, 0.25) is 0 Å². The van der Waals surface area contributed by atoms with Crippen molar-refractivity contribution in [2.45, 2.75) is 37.2 Å². The lowest BCUT2D eigenvalue weighted by Crippen LogP contribution is -2.40. The van der Waals surface area contributed by atoms with Crippen LogP contribution >= 0.6 is 0 Å². The number of aryl methyl sites for hydroxylation is 1. The second-order valence-electron chi connectivity index (χ2n) is 6.29. The van der Waals surface area contributed by atoms with Crippen molar-refractivity contribution in [3.05, 3.63) is 47.8 Å². The minimum atomic E-state index is -3.57. The van der Waals surface area contributed by atoms with Crippen LogP contribution in [0, 0.1) is 0 Å². The van der Waals surface area contributed by atoms with Crippen LogP contribution in [0.25, 0.3) is 0 Å². The topological polar surface area (TPSA) is 71.4 Å². The number of hydrogen-bond donors (Lipinski definition) is 1. The van der Waals surface area contributed by atoms with Crippen molar-refractivity contribution in [2.24, 2.45) is 0 Å². The fraction of sp³-hybridized carbons (Fsp3) is 0.353. The molecule has 2 aromatic rings. The molecule has 0 fully saturated rings. The molecule has 0 saturated carbocycles. The fourth-order valence-electron chi connectivity index (χ4n) is 3.54. The van der Waals surface area contributed by atoms with Gasteiger partial charge in [0.15, 0.2) is 0 Å². The summed E-state index contributed by atoms with van der Waals surface area (Å²) in [6, 6.07) is 8.69. The summed E-state index contributed by atoms with van der Waals surface area (Å²) >= 11 is 0. The quantitative estimate of drug-likeness (QED) is 0.906.